The highest BCUT2D eigenvalue weighted by atomic mass is 35.5. The van der Waals surface area contributed by atoms with E-state index < -0.39 is 29.9 Å². The van der Waals surface area contributed by atoms with Gasteiger partial charge in [-0.15, -0.1) is 0 Å². The molecule has 1 fully saturated rings. The van der Waals surface area contributed by atoms with Crippen molar-refractivity contribution in [2.45, 2.75) is 19.4 Å². The van der Waals surface area contributed by atoms with Crippen molar-refractivity contribution >= 4 is 35.1 Å². The molecule has 2 aliphatic heterocycles. The molecule has 2 aromatic rings. The number of carbonyl (C=O) groups excluding carboxylic acids is 3. The van der Waals surface area contributed by atoms with Gasteiger partial charge in [0.25, 0.3) is 5.91 Å². The minimum atomic E-state index is -1.32. The maximum atomic E-state index is 13.0. The van der Waals surface area contributed by atoms with Gasteiger partial charge in [0.05, 0.1) is 10.7 Å². The molecule has 0 bridgehead atoms. The number of anilines is 1. The number of amides is 4. The predicted octanol–water partition coefficient (Wildman–Crippen LogP) is 2.78. The highest BCUT2D eigenvalue weighted by Gasteiger charge is 2.49. The number of nitrogens with zero attached hydrogens (tertiary/aromatic N) is 1. The van der Waals surface area contributed by atoms with E-state index in [1.807, 2.05) is 6.92 Å². The van der Waals surface area contributed by atoms with E-state index in [-0.39, 0.29) is 6.79 Å². The number of aryl methyl sites for hydroxylation is 1. The monoisotopic (exact) mass is 415 g/mol. The molecule has 2 heterocycles. The van der Waals surface area contributed by atoms with Crippen molar-refractivity contribution in [1.82, 2.24) is 10.2 Å². The van der Waals surface area contributed by atoms with Gasteiger partial charge in [0.2, 0.25) is 12.7 Å². The zero-order valence-electron chi connectivity index (χ0n) is 15.7. The molecule has 2 aromatic carbocycles. The maximum absolute atomic E-state index is 13.0. The average molecular weight is 416 g/mol. The number of imide groups is 1. The topological polar surface area (TPSA) is 97.0 Å². The lowest BCUT2D eigenvalue weighted by Crippen LogP contribution is -2.42. The largest absolute Gasteiger partial charge is 0.454 e. The Morgan fingerprint density at radius 3 is 2.72 bits per heavy atom. The first-order valence-electron chi connectivity index (χ1n) is 8.88. The van der Waals surface area contributed by atoms with Crippen molar-refractivity contribution in [1.29, 1.82) is 0 Å². The number of rotatable bonds is 4. The predicted molar refractivity (Wildman–Crippen MR) is 105 cm³/mol. The maximum Gasteiger partial charge on any atom is 0.325 e. The van der Waals surface area contributed by atoms with E-state index >= 15 is 0 Å². The third-order valence-corrected chi connectivity index (χ3v) is 5.24. The van der Waals surface area contributed by atoms with Gasteiger partial charge in [0.15, 0.2) is 11.5 Å². The van der Waals surface area contributed by atoms with Crippen molar-refractivity contribution in [2.24, 2.45) is 0 Å². The number of nitrogens with one attached hydrogen (secondary N) is 2. The third-order valence-electron chi connectivity index (χ3n) is 4.93. The molecule has 29 heavy (non-hydrogen) atoms. The summed E-state index contributed by atoms with van der Waals surface area (Å²) in [5.41, 5.74) is 0.568. The average Bonchev–Trinajstić information content (AvgIpc) is 3.22. The van der Waals surface area contributed by atoms with Gasteiger partial charge in [0, 0.05) is 0 Å². The lowest BCUT2D eigenvalue weighted by molar-refractivity contribution is -0.133. The van der Waals surface area contributed by atoms with Crippen LogP contribution in [0.4, 0.5) is 10.5 Å². The van der Waals surface area contributed by atoms with Gasteiger partial charge in [-0.2, -0.15) is 0 Å². The minimum absolute atomic E-state index is 0.101. The summed E-state index contributed by atoms with van der Waals surface area (Å²) in [7, 11) is 0. The SMILES string of the molecule is Cc1ccc(NC(=O)CN2C(=O)N[C@@](C)(c3ccc4c(c3)OCO4)C2=O)c(Cl)c1. The normalized spacial score (nSPS) is 20.0. The number of benzene rings is 2. The van der Waals surface area contributed by atoms with Crippen LogP contribution < -0.4 is 20.1 Å². The van der Waals surface area contributed by atoms with Gasteiger partial charge in [-0.3, -0.25) is 14.5 Å². The number of carbonyl (C=O) groups is 3. The Labute approximate surface area is 171 Å². The van der Waals surface area contributed by atoms with E-state index in [2.05, 4.69) is 10.6 Å². The van der Waals surface area contributed by atoms with Crippen LogP contribution >= 0.6 is 11.6 Å². The van der Waals surface area contributed by atoms with Crippen LogP contribution in [-0.2, 0) is 15.1 Å². The summed E-state index contributed by atoms with van der Waals surface area (Å²) in [4.78, 5) is 38.7. The molecule has 8 nitrogen and oxygen atoms in total. The quantitative estimate of drug-likeness (QED) is 0.748. The van der Waals surface area contributed by atoms with E-state index in [0.717, 1.165) is 10.5 Å². The van der Waals surface area contributed by atoms with Crippen molar-refractivity contribution in [3.63, 3.8) is 0 Å². The van der Waals surface area contributed by atoms with Crippen LogP contribution in [0.5, 0.6) is 11.5 Å². The molecule has 0 unspecified atom stereocenters. The highest BCUT2D eigenvalue weighted by molar-refractivity contribution is 6.33. The Hall–Kier alpha value is -3.26. The van der Waals surface area contributed by atoms with Gasteiger partial charge < -0.3 is 20.1 Å². The summed E-state index contributed by atoms with van der Waals surface area (Å²) in [5.74, 6) is -0.00276. The lowest BCUT2D eigenvalue weighted by Gasteiger charge is -2.22. The van der Waals surface area contributed by atoms with Crippen LogP contribution in [0.3, 0.4) is 0 Å². The number of urea groups is 1. The highest BCUT2D eigenvalue weighted by Crippen LogP contribution is 2.37. The smallest absolute Gasteiger partial charge is 0.325 e. The Balaban J connectivity index is 1.51. The lowest BCUT2D eigenvalue weighted by atomic mass is 9.91. The molecule has 4 amide bonds. The minimum Gasteiger partial charge on any atom is -0.454 e. The number of halogens is 1. The van der Waals surface area contributed by atoms with Gasteiger partial charge in [-0.1, -0.05) is 23.7 Å². The van der Waals surface area contributed by atoms with Crippen LogP contribution in [0.15, 0.2) is 36.4 Å². The molecule has 2 N–H and O–H groups in total. The number of hydrogen-bond acceptors (Lipinski definition) is 5. The van der Waals surface area contributed by atoms with Crippen LogP contribution in [0.25, 0.3) is 0 Å². The van der Waals surface area contributed by atoms with E-state index in [4.69, 9.17) is 21.1 Å². The molecule has 0 aromatic heterocycles. The third kappa shape index (κ3) is 3.36. The molecule has 0 saturated carbocycles. The molecule has 1 atom stereocenters. The fraction of sp³-hybridized carbons (Fsp3) is 0.250. The van der Waals surface area contributed by atoms with E-state index in [0.29, 0.717) is 27.8 Å². The van der Waals surface area contributed by atoms with Crippen LogP contribution in [0.2, 0.25) is 5.02 Å². The first-order valence-corrected chi connectivity index (χ1v) is 9.26. The zero-order valence-corrected chi connectivity index (χ0v) is 16.5. The van der Waals surface area contributed by atoms with Crippen molar-refractivity contribution in [3.8, 4) is 11.5 Å². The van der Waals surface area contributed by atoms with E-state index in [1.165, 1.54) is 0 Å². The Morgan fingerprint density at radius 2 is 1.97 bits per heavy atom. The van der Waals surface area contributed by atoms with E-state index in [9.17, 15) is 14.4 Å². The van der Waals surface area contributed by atoms with E-state index in [1.54, 1.807) is 43.3 Å². The Morgan fingerprint density at radius 1 is 1.21 bits per heavy atom. The first kappa shape index (κ1) is 19.1. The van der Waals surface area contributed by atoms with Crippen LogP contribution in [0.1, 0.15) is 18.1 Å². The molecular formula is C20H18ClN3O5. The zero-order chi connectivity index (χ0) is 20.8. The molecule has 9 heteroatoms. The van der Waals surface area contributed by atoms with Gasteiger partial charge in [0.1, 0.15) is 12.1 Å². The molecule has 4 rings (SSSR count). The van der Waals surface area contributed by atoms with Crippen molar-refractivity contribution in [2.75, 3.05) is 18.7 Å². The summed E-state index contributed by atoms with van der Waals surface area (Å²) in [5, 5.41) is 5.66. The summed E-state index contributed by atoms with van der Waals surface area (Å²) >= 11 is 6.12. The second kappa shape index (κ2) is 6.97. The fourth-order valence-electron chi connectivity index (χ4n) is 3.30. The molecule has 1 saturated heterocycles. The first-order chi connectivity index (χ1) is 13.8. The van der Waals surface area contributed by atoms with Gasteiger partial charge in [-0.25, -0.2) is 4.79 Å². The summed E-state index contributed by atoms with van der Waals surface area (Å²) in [6.07, 6.45) is 0. The second-order valence-corrected chi connectivity index (χ2v) is 7.45. The Kier molecular flexibility index (Phi) is 4.58. The molecule has 0 spiro atoms. The summed E-state index contributed by atoms with van der Waals surface area (Å²) < 4.78 is 10.6. The molecule has 2 aliphatic rings. The number of hydrogen-bond donors (Lipinski definition) is 2. The molecule has 150 valence electrons. The standard InChI is InChI=1S/C20H18ClN3O5/c1-11-3-5-14(13(21)7-11)22-17(25)9-24-18(26)20(2,23-19(24)27)12-4-6-15-16(8-12)29-10-28-15/h3-8H,9-10H2,1-2H3,(H,22,25)(H,23,27)/t20-/m0/s1. The molecular weight excluding hydrogens is 398 g/mol. The number of fused-ring (bicyclic) bond motifs is 1. The molecule has 0 aliphatic carbocycles. The fourth-order valence-corrected chi connectivity index (χ4v) is 3.58. The summed E-state index contributed by atoms with van der Waals surface area (Å²) in [6, 6.07) is 9.53. The summed E-state index contributed by atoms with van der Waals surface area (Å²) in [6.45, 7) is 3.12. The molecule has 0 radical (unpaired) electrons. The van der Waals surface area contributed by atoms with Crippen LogP contribution in [0, 0.1) is 6.92 Å². The van der Waals surface area contributed by atoms with Gasteiger partial charge in [-0.05, 0) is 49.2 Å². The van der Waals surface area contributed by atoms with Crippen LogP contribution in [-0.4, -0.2) is 36.1 Å². The number of ether oxygens (including phenoxy) is 2. The van der Waals surface area contributed by atoms with Crippen molar-refractivity contribution < 1.29 is 23.9 Å². The second-order valence-electron chi connectivity index (χ2n) is 7.05. The Bertz CT molecular complexity index is 1040. The van der Waals surface area contributed by atoms with Gasteiger partial charge >= 0.3 is 6.03 Å². The van der Waals surface area contributed by atoms with Crippen molar-refractivity contribution in [3.05, 3.63) is 52.5 Å².